The quantitative estimate of drug-likeness (QED) is 0.792. The molecule has 0 spiro atoms. The van der Waals surface area contributed by atoms with E-state index in [2.05, 4.69) is 40.4 Å². The summed E-state index contributed by atoms with van der Waals surface area (Å²) in [6, 6.07) is 6.01. The first-order chi connectivity index (χ1) is 8.26. The molecule has 0 amide bonds. The zero-order valence-corrected chi connectivity index (χ0v) is 10.8. The summed E-state index contributed by atoms with van der Waals surface area (Å²) in [5, 5.41) is 8.56. The van der Waals surface area contributed by atoms with Gasteiger partial charge in [-0.3, -0.25) is 4.40 Å². The number of aromatic nitrogens is 3. The van der Waals surface area contributed by atoms with Crippen molar-refractivity contribution in [2.45, 2.75) is 26.2 Å². The molecular weight excluding hydrogens is 212 g/mol. The van der Waals surface area contributed by atoms with E-state index >= 15 is 0 Å². The van der Waals surface area contributed by atoms with E-state index in [1.54, 1.807) is 0 Å². The number of hydrogen-bond acceptors (Lipinski definition) is 3. The van der Waals surface area contributed by atoms with Gasteiger partial charge in [-0.15, -0.1) is 10.2 Å². The molecular formula is C13H20N4. The van der Waals surface area contributed by atoms with Crippen LogP contribution < -0.4 is 0 Å². The molecule has 17 heavy (non-hydrogen) atoms. The van der Waals surface area contributed by atoms with E-state index in [4.69, 9.17) is 0 Å². The predicted octanol–water partition coefficient (Wildman–Crippen LogP) is 2.17. The fourth-order valence-electron chi connectivity index (χ4n) is 2.04. The molecule has 4 heteroatoms. The molecule has 0 aliphatic rings. The van der Waals surface area contributed by atoms with E-state index in [-0.39, 0.29) is 0 Å². The highest BCUT2D eigenvalue weighted by atomic mass is 15.3. The Morgan fingerprint density at radius 1 is 1.29 bits per heavy atom. The number of likely N-dealkylation sites (N-methyl/N-ethyl adjacent to an activating group) is 1. The summed E-state index contributed by atoms with van der Waals surface area (Å²) < 4.78 is 2.09. The van der Waals surface area contributed by atoms with Crippen LogP contribution >= 0.6 is 0 Å². The second-order valence-corrected chi connectivity index (χ2v) is 4.45. The van der Waals surface area contributed by atoms with Crippen LogP contribution in [-0.2, 0) is 0 Å². The summed E-state index contributed by atoms with van der Waals surface area (Å²) in [4.78, 5) is 2.32. The highest BCUT2D eigenvalue weighted by Gasteiger charge is 2.17. The molecule has 2 aromatic rings. The molecule has 0 radical (unpaired) electrons. The summed E-state index contributed by atoms with van der Waals surface area (Å²) in [5.74, 6) is 1.51. The lowest BCUT2D eigenvalue weighted by Gasteiger charge is -2.20. The molecule has 1 unspecified atom stereocenters. The van der Waals surface area contributed by atoms with Crippen molar-refractivity contribution in [1.29, 1.82) is 0 Å². The van der Waals surface area contributed by atoms with Gasteiger partial charge >= 0.3 is 0 Å². The molecule has 2 heterocycles. The van der Waals surface area contributed by atoms with Gasteiger partial charge in [0.2, 0.25) is 0 Å². The van der Waals surface area contributed by atoms with E-state index < -0.39 is 0 Å². The fraction of sp³-hybridized carbons (Fsp3) is 0.538. The fourth-order valence-corrected chi connectivity index (χ4v) is 2.04. The van der Waals surface area contributed by atoms with E-state index in [1.807, 2.05) is 24.4 Å². The van der Waals surface area contributed by atoms with Gasteiger partial charge < -0.3 is 4.90 Å². The average molecular weight is 232 g/mol. The van der Waals surface area contributed by atoms with Crippen molar-refractivity contribution in [3.8, 4) is 0 Å². The van der Waals surface area contributed by atoms with E-state index in [0.717, 1.165) is 31.0 Å². The Morgan fingerprint density at radius 3 is 2.82 bits per heavy atom. The highest BCUT2D eigenvalue weighted by molar-refractivity contribution is 5.37. The van der Waals surface area contributed by atoms with Crippen molar-refractivity contribution in [2.75, 3.05) is 20.1 Å². The van der Waals surface area contributed by atoms with Gasteiger partial charge in [0.05, 0.1) is 0 Å². The highest BCUT2D eigenvalue weighted by Crippen LogP contribution is 2.19. The van der Waals surface area contributed by atoms with Crippen molar-refractivity contribution < 1.29 is 0 Å². The lowest BCUT2D eigenvalue weighted by atomic mass is 10.1. The predicted molar refractivity (Wildman–Crippen MR) is 69.2 cm³/mol. The molecule has 0 saturated heterocycles. The number of rotatable bonds is 5. The maximum Gasteiger partial charge on any atom is 0.160 e. The Morgan fingerprint density at radius 2 is 2.12 bits per heavy atom. The van der Waals surface area contributed by atoms with E-state index in [9.17, 15) is 0 Å². The number of nitrogens with zero attached hydrogens (tertiary/aromatic N) is 4. The molecule has 0 aliphatic heterocycles. The van der Waals surface area contributed by atoms with E-state index in [0.29, 0.717) is 5.92 Å². The van der Waals surface area contributed by atoms with Crippen molar-refractivity contribution in [3.63, 3.8) is 0 Å². The zero-order chi connectivity index (χ0) is 12.3. The molecule has 92 valence electrons. The Kier molecular flexibility index (Phi) is 3.74. The summed E-state index contributed by atoms with van der Waals surface area (Å²) in [7, 11) is 2.14. The average Bonchev–Trinajstić information content (AvgIpc) is 2.79. The van der Waals surface area contributed by atoms with Gasteiger partial charge in [0.1, 0.15) is 5.82 Å². The van der Waals surface area contributed by atoms with Gasteiger partial charge in [0.25, 0.3) is 0 Å². The monoisotopic (exact) mass is 232 g/mol. The molecule has 0 aliphatic carbocycles. The van der Waals surface area contributed by atoms with Crippen molar-refractivity contribution in [3.05, 3.63) is 30.2 Å². The second-order valence-electron chi connectivity index (χ2n) is 4.45. The Balaban J connectivity index is 2.30. The lowest BCUT2D eigenvalue weighted by molar-refractivity contribution is 0.317. The second kappa shape index (κ2) is 5.27. The van der Waals surface area contributed by atoms with Gasteiger partial charge in [0.15, 0.2) is 5.65 Å². The Hall–Kier alpha value is -1.42. The van der Waals surface area contributed by atoms with Crippen LogP contribution in [0.15, 0.2) is 24.4 Å². The molecule has 0 saturated carbocycles. The molecule has 0 fully saturated rings. The lowest BCUT2D eigenvalue weighted by Crippen LogP contribution is -2.25. The van der Waals surface area contributed by atoms with Crippen molar-refractivity contribution >= 4 is 5.65 Å². The van der Waals surface area contributed by atoms with E-state index in [1.165, 1.54) is 0 Å². The third-order valence-electron chi connectivity index (χ3n) is 3.27. The van der Waals surface area contributed by atoms with Gasteiger partial charge in [-0.05, 0) is 32.1 Å². The zero-order valence-electron chi connectivity index (χ0n) is 10.8. The molecule has 2 aromatic heterocycles. The molecule has 1 atom stereocenters. The summed E-state index contributed by atoms with van der Waals surface area (Å²) >= 11 is 0. The van der Waals surface area contributed by atoms with Crippen LogP contribution in [-0.4, -0.2) is 39.6 Å². The first kappa shape index (κ1) is 12.0. The van der Waals surface area contributed by atoms with Gasteiger partial charge in [-0.25, -0.2) is 0 Å². The van der Waals surface area contributed by atoms with Crippen molar-refractivity contribution in [1.82, 2.24) is 19.5 Å². The molecule has 0 aromatic carbocycles. The minimum Gasteiger partial charge on any atom is -0.306 e. The third kappa shape index (κ3) is 2.47. The van der Waals surface area contributed by atoms with Gasteiger partial charge in [-0.2, -0.15) is 0 Å². The maximum atomic E-state index is 4.34. The van der Waals surface area contributed by atoms with Crippen molar-refractivity contribution in [2.24, 2.45) is 0 Å². The summed E-state index contributed by atoms with van der Waals surface area (Å²) in [5.41, 5.74) is 0.931. The number of hydrogen-bond donors (Lipinski definition) is 0. The smallest absolute Gasteiger partial charge is 0.160 e. The molecule has 0 bridgehead atoms. The molecule has 2 rings (SSSR count). The first-order valence-corrected chi connectivity index (χ1v) is 6.24. The van der Waals surface area contributed by atoms with Gasteiger partial charge in [-0.1, -0.05) is 19.9 Å². The largest absolute Gasteiger partial charge is 0.306 e. The maximum absolute atomic E-state index is 4.34. The van der Waals surface area contributed by atoms with Crippen LogP contribution in [0, 0.1) is 0 Å². The SMILES string of the molecule is CCC(CN(C)CC)c1nnc2ccccn12. The van der Waals surface area contributed by atoms with Crippen LogP contribution in [0.2, 0.25) is 0 Å². The number of pyridine rings is 1. The summed E-state index contributed by atoms with van der Waals surface area (Å²) in [6.07, 6.45) is 3.12. The minimum absolute atomic E-state index is 0.442. The van der Waals surface area contributed by atoms with Crippen LogP contribution in [0.25, 0.3) is 5.65 Å². The first-order valence-electron chi connectivity index (χ1n) is 6.24. The normalized spacial score (nSPS) is 13.4. The van der Waals surface area contributed by atoms with Crippen LogP contribution in [0.4, 0.5) is 0 Å². The van der Waals surface area contributed by atoms with Crippen LogP contribution in [0.1, 0.15) is 32.0 Å². The molecule has 0 N–H and O–H groups in total. The standard InChI is InChI=1S/C13H20N4/c1-4-11(10-16(3)5-2)13-15-14-12-8-6-7-9-17(12)13/h6-9,11H,4-5,10H2,1-3H3. The Bertz CT molecular complexity index is 477. The van der Waals surface area contributed by atoms with Crippen LogP contribution in [0.3, 0.4) is 0 Å². The van der Waals surface area contributed by atoms with Crippen LogP contribution in [0.5, 0.6) is 0 Å². The summed E-state index contributed by atoms with van der Waals surface area (Å²) in [6.45, 7) is 6.47. The topological polar surface area (TPSA) is 33.4 Å². The number of fused-ring (bicyclic) bond motifs is 1. The molecule has 4 nitrogen and oxygen atoms in total. The minimum atomic E-state index is 0.442. The third-order valence-corrected chi connectivity index (χ3v) is 3.27. The van der Waals surface area contributed by atoms with Gasteiger partial charge in [0, 0.05) is 18.7 Å². The Labute approximate surface area is 102 Å².